The smallest absolute Gasteiger partial charge is 0.258 e. The van der Waals surface area contributed by atoms with Crippen LogP contribution in [0.15, 0.2) is 46.7 Å². The number of benzene rings is 1. The van der Waals surface area contributed by atoms with E-state index >= 15 is 0 Å². The molecule has 0 aliphatic rings. The highest BCUT2D eigenvalue weighted by Gasteiger charge is 2.12. The van der Waals surface area contributed by atoms with Gasteiger partial charge in [-0.05, 0) is 37.1 Å². The Morgan fingerprint density at radius 1 is 1.10 bits per heavy atom. The van der Waals surface area contributed by atoms with Gasteiger partial charge in [0.2, 0.25) is 11.5 Å². The van der Waals surface area contributed by atoms with Gasteiger partial charge in [0, 0.05) is 24.1 Å². The van der Waals surface area contributed by atoms with Crippen LogP contribution in [0.2, 0.25) is 0 Å². The highest BCUT2D eigenvalue weighted by atomic mass is 32.1. The number of aryl methyl sites for hydroxylation is 2. The minimum absolute atomic E-state index is 0.141. The fourth-order valence-electron chi connectivity index (χ4n) is 2.71. The monoisotopic (exact) mass is 439 g/mol. The third-order valence-corrected chi connectivity index (χ3v) is 5.96. The van der Waals surface area contributed by atoms with Crippen LogP contribution in [-0.2, 0) is 11.2 Å². The molecule has 3 heterocycles. The molecule has 0 radical (unpaired) electrons. The maximum atomic E-state index is 12.3. The number of H-pyrrole nitrogens is 1. The van der Waals surface area contributed by atoms with Gasteiger partial charge in [-0.2, -0.15) is 0 Å². The van der Waals surface area contributed by atoms with Crippen molar-refractivity contribution in [1.29, 1.82) is 0 Å². The summed E-state index contributed by atoms with van der Waals surface area (Å²) >= 11 is 2.72. The number of nitrogens with one attached hydrogen (secondary N) is 3. The predicted octanol–water partition coefficient (Wildman–Crippen LogP) is 3.57. The zero-order chi connectivity index (χ0) is 21.1. The van der Waals surface area contributed by atoms with E-state index in [0.29, 0.717) is 27.9 Å². The van der Waals surface area contributed by atoms with Crippen molar-refractivity contribution >= 4 is 55.0 Å². The van der Waals surface area contributed by atoms with Crippen LogP contribution < -0.4 is 16.2 Å². The summed E-state index contributed by atoms with van der Waals surface area (Å²) in [5.41, 5.74) is 2.78. The van der Waals surface area contributed by atoms with Gasteiger partial charge < -0.3 is 10.3 Å². The lowest BCUT2D eigenvalue weighted by Crippen LogP contribution is -2.14. The standard InChI is InChI=1S/C20H17N5O3S2/c1-11-2-5-14-15(8-11)30-20(23-14)24-17(27)7-4-13-10-29-19(22-13)25-18(28)12-3-6-16(26)21-9-12/h2-3,5-6,8-10H,4,7H2,1H3,(H,21,26)(H,22,25,28)(H,23,24,27). The Bertz CT molecular complexity index is 1270. The van der Waals surface area contributed by atoms with Crippen LogP contribution in [0.25, 0.3) is 10.2 Å². The number of fused-ring (bicyclic) bond motifs is 1. The van der Waals surface area contributed by atoms with Gasteiger partial charge in [-0.3, -0.25) is 19.7 Å². The number of hydrogen-bond acceptors (Lipinski definition) is 7. The lowest BCUT2D eigenvalue weighted by Gasteiger charge is -2.01. The molecule has 0 bridgehead atoms. The summed E-state index contributed by atoms with van der Waals surface area (Å²) < 4.78 is 1.03. The van der Waals surface area contributed by atoms with Crippen molar-refractivity contribution in [2.45, 2.75) is 19.8 Å². The molecule has 0 atom stereocenters. The number of anilines is 2. The van der Waals surface area contributed by atoms with E-state index in [-0.39, 0.29) is 23.8 Å². The van der Waals surface area contributed by atoms with E-state index in [4.69, 9.17) is 0 Å². The first-order chi connectivity index (χ1) is 14.5. The minimum Gasteiger partial charge on any atom is -0.328 e. The van der Waals surface area contributed by atoms with E-state index < -0.39 is 0 Å². The highest BCUT2D eigenvalue weighted by molar-refractivity contribution is 7.22. The number of carbonyl (C=O) groups is 2. The van der Waals surface area contributed by atoms with Crippen LogP contribution in [0.5, 0.6) is 0 Å². The molecule has 0 fully saturated rings. The molecule has 0 saturated carbocycles. The van der Waals surface area contributed by atoms with E-state index in [0.717, 1.165) is 15.8 Å². The third-order valence-electron chi connectivity index (χ3n) is 4.22. The van der Waals surface area contributed by atoms with Crippen molar-refractivity contribution in [3.63, 3.8) is 0 Å². The van der Waals surface area contributed by atoms with Gasteiger partial charge in [-0.1, -0.05) is 17.4 Å². The molecule has 2 amide bonds. The summed E-state index contributed by atoms with van der Waals surface area (Å²) in [4.78, 5) is 46.7. The summed E-state index contributed by atoms with van der Waals surface area (Å²) in [5, 5.41) is 8.33. The van der Waals surface area contributed by atoms with Crippen molar-refractivity contribution in [3.8, 4) is 0 Å². The number of thiazole rings is 2. The van der Waals surface area contributed by atoms with Crippen molar-refractivity contribution < 1.29 is 9.59 Å². The van der Waals surface area contributed by atoms with E-state index in [1.807, 2.05) is 25.1 Å². The molecular formula is C20H17N5O3S2. The predicted molar refractivity (Wildman–Crippen MR) is 118 cm³/mol. The third kappa shape index (κ3) is 4.78. The van der Waals surface area contributed by atoms with E-state index in [1.54, 1.807) is 5.38 Å². The molecule has 3 N–H and O–H groups in total. The first-order valence-electron chi connectivity index (χ1n) is 9.08. The normalized spacial score (nSPS) is 10.8. The fourth-order valence-corrected chi connectivity index (χ4v) is 4.43. The molecule has 152 valence electrons. The first-order valence-corrected chi connectivity index (χ1v) is 10.8. The first kappa shape index (κ1) is 19.9. The molecule has 3 aromatic heterocycles. The Labute approximate surface area is 179 Å². The van der Waals surface area contributed by atoms with Gasteiger partial charge in [0.15, 0.2) is 10.3 Å². The molecular weight excluding hydrogens is 422 g/mol. The molecule has 10 heteroatoms. The number of aromatic amines is 1. The average molecular weight is 440 g/mol. The summed E-state index contributed by atoms with van der Waals surface area (Å²) in [5.74, 6) is -0.506. The van der Waals surface area contributed by atoms with Gasteiger partial charge in [0.05, 0.1) is 21.5 Å². The van der Waals surface area contributed by atoms with Gasteiger partial charge >= 0.3 is 0 Å². The molecule has 0 unspecified atom stereocenters. The number of pyridine rings is 1. The zero-order valence-electron chi connectivity index (χ0n) is 15.9. The van der Waals surface area contributed by atoms with E-state index in [1.165, 1.54) is 41.0 Å². The van der Waals surface area contributed by atoms with Crippen LogP contribution >= 0.6 is 22.7 Å². The number of aromatic nitrogens is 3. The summed E-state index contributed by atoms with van der Waals surface area (Å²) in [6, 6.07) is 8.70. The van der Waals surface area contributed by atoms with Crippen LogP contribution in [0, 0.1) is 6.92 Å². The second-order valence-electron chi connectivity index (χ2n) is 6.58. The molecule has 30 heavy (non-hydrogen) atoms. The minimum atomic E-state index is -0.365. The van der Waals surface area contributed by atoms with Crippen LogP contribution in [0.3, 0.4) is 0 Å². The summed E-state index contributed by atoms with van der Waals surface area (Å²) in [6.07, 6.45) is 2.05. The molecule has 4 aromatic rings. The Hall–Kier alpha value is -3.37. The molecule has 8 nitrogen and oxygen atoms in total. The van der Waals surface area contributed by atoms with Crippen LogP contribution in [0.1, 0.15) is 28.0 Å². The second kappa shape index (κ2) is 8.56. The largest absolute Gasteiger partial charge is 0.328 e. The SMILES string of the molecule is Cc1ccc2nc(NC(=O)CCc3csc(NC(=O)c4ccc(=O)[nH]c4)n3)sc2c1. The van der Waals surface area contributed by atoms with Gasteiger partial charge in [-0.25, -0.2) is 9.97 Å². The van der Waals surface area contributed by atoms with Crippen molar-refractivity contribution in [1.82, 2.24) is 15.0 Å². The summed E-state index contributed by atoms with van der Waals surface area (Å²) in [7, 11) is 0. The van der Waals surface area contributed by atoms with Crippen molar-refractivity contribution in [2.75, 3.05) is 10.6 Å². The Balaban J connectivity index is 1.31. The Kier molecular flexibility index (Phi) is 5.68. The topological polar surface area (TPSA) is 117 Å². The second-order valence-corrected chi connectivity index (χ2v) is 8.47. The molecule has 0 saturated heterocycles. The average Bonchev–Trinajstić information content (AvgIpc) is 3.32. The van der Waals surface area contributed by atoms with Gasteiger partial charge in [0.1, 0.15) is 0 Å². The maximum absolute atomic E-state index is 12.3. The highest BCUT2D eigenvalue weighted by Crippen LogP contribution is 2.27. The number of nitrogens with zero attached hydrogens (tertiary/aromatic N) is 2. The lowest BCUT2D eigenvalue weighted by molar-refractivity contribution is -0.116. The Morgan fingerprint density at radius 3 is 2.77 bits per heavy atom. The van der Waals surface area contributed by atoms with E-state index in [9.17, 15) is 14.4 Å². The molecule has 0 spiro atoms. The number of rotatable bonds is 6. The number of hydrogen-bond donors (Lipinski definition) is 3. The molecule has 4 rings (SSSR count). The zero-order valence-corrected chi connectivity index (χ0v) is 17.5. The van der Waals surface area contributed by atoms with E-state index in [2.05, 4.69) is 25.6 Å². The fraction of sp³-hybridized carbons (Fsp3) is 0.150. The van der Waals surface area contributed by atoms with Crippen molar-refractivity contribution in [3.05, 3.63) is 69.1 Å². The van der Waals surface area contributed by atoms with Gasteiger partial charge in [-0.15, -0.1) is 11.3 Å². The quantitative estimate of drug-likeness (QED) is 0.425. The number of amides is 2. The molecule has 1 aromatic carbocycles. The Morgan fingerprint density at radius 2 is 1.97 bits per heavy atom. The van der Waals surface area contributed by atoms with Crippen molar-refractivity contribution in [2.24, 2.45) is 0 Å². The van der Waals surface area contributed by atoms with Gasteiger partial charge in [0.25, 0.3) is 5.91 Å². The van der Waals surface area contributed by atoms with Crippen LogP contribution in [-0.4, -0.2) is 26.8 Å². The molecule has 0 aliphatic heterocycles. The summed E-state index contributed by atoms with van der Waals surface area (Å²) in [6.45, 7) is 2.02. The molecule has 0 aliphatic carbocycles. The lowest BCUT2D eigenvalue weighted by atomic mass is 10.2. The number of carbonyl (C=O) groups excluding carboxylic acids is 2. The maximum Gasteiger partial charge on any atom is 0.258 e. The van der Waals surface area contributed by atoms with Crippen LogP contribution in [0.4, 0.5) is 10.3 Å².